The van der Waals surface area contributed by atoms with Gasteiger partial charge >= 0.3 is 0 Å². The van der Waals surface area contributed by atoms with Crippen molar-refractivity contribution in [1.29, 1.82) is 0 Å². The van der Waals surface area contributed by atoms with Gasteiger partial charge in [0.15, 0.2) is 5.78 Å². The van der Waals surface area contributed by atoms with Crippen LogP contribution in [-0.2, 0) is 14.8 Å². The van der Waals surface area contributed by atoms with Crippen LogP contribution < -0.4 is 4.72 Å². The molecular formula is C11H18BrNO3S. The van der Waals surface area contributed by atoms with E-state index in [1.165, 1.54) is 7.05 Å². The molecule has 0 unspecified atom stereocenters. The Labute approximate surface area is 111 Å². The normalized spacial score (nSPS) is 45.5. The molecular weight excluding hydrogens is 306 g/mol. The summed E-state index contributed by atoms with van der Waals surface area (Å²) in [6, 6.07) is 0. The lowest BCUT2D eigenvalue weighted by Gasteiger charge is -2.35. The van der Waals surface area contributed by atoms with Gasteiger partial charge in [0, 0.05) is 5.41 Å². The Bertz CT molecular complexity index is 463. The van der Waals surface area contributed by atoms with Crippen molar-refractivity contribution in [2.24, 2.45) is 16.7 Å². The molecule has 17 heavy (non-hydrogen) atoms. The maximum Gasteiger partial charge on any atom is 0.211 e. The number of sulfonamides is 1. The van der Waals surface area contributed by atoms with Crippen molar-refractivity contribution >= 4 is 31.7 Å². The molecule has 0 aliphatic heterocycles. The summed E-state index contributed by atoms with van der Waals surface area (Å²) < 4.78 is 25.9. The fourth-order valence-corrected chi connectivity index (χ4v) is 6.37. The van der Waals surface area contributed by atoms with Crippen LogP contribution in [0.3, 0.4) is 0 Å². The zero-order valence-electron chi connectivity index (χ0n) is 10.3. The standard InChI is InChI=1S/C11H18BrNO3S/c1-10-5-4-7(8(12)9(10)14)11(10,2)6-17(15,16)13-3/h7-8,13H,4-6H2,1-3H3/t7-,8-,10-,11-/m0/s1. The maximum absolute atomic E-state index is 12.2. The largest absolute Gasteiger partial charge is 0.298 e. The number of hydrogen-bond donors (Lipinski definition) is 1. The summed E-state index contributed by atoms with van der Waals surface area (Å²) in [5, 5.41) is 0. The Morgan fingerprint density at radius 3 is 2.47 bits per heavy atom. The number of ketones is 1. The van der Waals surface area contributed by atoms with Crippen molar-refractivity contribution in [3.05, 3.63) is 0 Å². The Kier molecular flexibility index (Phi) is 3.00. The number of alkyl halides is 1. The van der Waals surface area contributed by atoms with Crippen LogP contribution in [0.5, 0.6) is 0 Å². The quantitative estimate of drug-likeness (QED) is 0.796. The van der Waals surface area contributed by atoms with Crippen molar-refractivity contribution in [1.82, 2.24) is 4.72 Å². The lowest BCUT2D eigenvalue weighted by molar-refractivity contribution is -0.127. The highest BCUT2D eigenvalue weighted by atomic mass is 79.9. The second kappa shape index (κ2) is 3.78. The molecule has 2 saturated carbocycles. The predicted octanol–water partition coefficient (Wildman–Crippen LogP) is 1.30. The molecule has 0 aromatic carbocycles. The molecule has 2 rings (SSSR count). The molecule has 98 valence electrons. The lowest BCUT2D eigenvalue weighted by atomic mass is 9.70. The van der Waals surface area contributed by atoms with Crippen LogP contribution in [-0.4, -0.2) is 31.8 Å². The van der Waals surface area contributed by atoms with Gasteiger partial charge < -0.3 is 0 Å². The molecule has 2 bridgehead atoms. The second-order valence-corrected chi connectivity index (χ2v) is 8.54. The molecule has 0 saturated heterocycles. The smallest absolute Gasteiger partial charge is 0.211 e. The van der Waals surface area contributed by atoms with Crippen LogP contribution in [0.15, 0.2) is 0 Å². The minimum absolute atomic E-state index is 0.0332. The Hall–Kier alpha value is 0.0600. The molecule has 0 amide bonds. The molecule has 2 fully saturated rings. The van der Waals surface area contributed by atoms with E-state index in [9.17, 15) is 13.2 Å². The van der Waals surface area contributed by atoms with Crippen molar-refractivity contribution in [2.45, 2.75) is 31.5 Å². The molecule has 4 nitrogen and oxygen atoms in total. The Morgan fingerprint density at radius 2 is 2.06 bits per heavy atom. The SMILES string of the molecule is CNS(=O)(=O)C[C@@]1(C)[C@H]2CC[C@@]1(C)C(=O)[C@H]2Br. The summed E-state index contributed by atoms with van der Waals surface area (Å²) in [5.74, 6) is 0.330. The Morgan fingerprint density at radius 1 is 1.47 bits per heavy atom. The first-order valence-corrected chi connectivity index (χ1v) is 8.34. The van der Waals surface area contributed by atoms with Gasteiger partial charge in [-0.05, 0) is 31.2 Å². The van der Waals surface area contributed by atoms with Crippen LogP contribution >= 0.6 is 15.9 Å². The summed E-state index contributed by atoms with van der Waals surface area (Å²) in [6.45, 7) is 3.86. The molecule has 0 aromatic rings. The van der Waals surface area contributed by atoms with E-state index in [0.717, 1.165) is 12.8 Å². The van der Waals surface area contributed by atoms with Crippen LogP contribution in [0.1, 0.15) is 26.7 Å². The fraction of sp³-hybridized carbons (Fsp3) is 0.909. The number of hydrogen-bond acceptors (Lipinski definition) is 3. The maximum atomic E-state index is 12.2. The number of halogens is 1. The molecule has 0 aromatic heterocycles. The van der Waals surface area contributed by atoms with Gasteiger partial charge in [-0.2, -0.15) is 0 Å². The highest BCUT2D eigenvalue weighted by molar-refractivity contribution is 9.10. The number of carbonyl (C=O) groups is 1. The van der Waals surface area contributed by atoms with Gasteiger partial charge in [0.2, 0.25) is 10.0 Å². The lowest BCUT2D eigenvalue weighted by Crippen LogP contribution is -2.42. The first kappa shape index (κ1) is 13.5. The highest BCUT2D eigenvalue weighted by Gasteiger charge is 2.68. The van der Waals surface area contributed by atoms with Gasteiger partial charge in [-0.3, -0.25) is 4.79 Å². The third-order valence-electron chi connectivity index (χ3n) is 4.98. The summed E-state index contributed by atoms with van der Waals surface area (Å²) in [7, 11) is -1.87. The number of rotatable bonds is 3. The van der Waals surface area contributed by atoms with Crippen molar-refractivity contribution < 1.29 is 13.2 Å². The van der Waals surface area contributed by atoms with E-state index in [1.54, 1.807) is 0 Å². The topological polar surface area (TPSA) is 63.2 Å². The molecule has 0 heterocycles. The molecule has 0 radical (unpaired) electrons. The third-order valence-corrected chi connectivity index (χ3v) is 7.64. The molecule has 0 spiro atoms. The average Bonchev–Trinajstić information content (AvgIpc) is 2.55. The van der Waals surface area contributed by atoms with Gasteiger partial charge in [-0.25, -0.2) is 13.1 Å². The number of nitrogens with one attached hydrogen (secondary N) is 1. The van der Waals surface area contributed by atoms with E-state index in [-0.39, 0.29) is 22.3 Å². The number of fused-ring (bicyclic) bond motifs is 2. The fourth-order valence-electron chi connectivity index (χ4n) is 3.55. The first-order chi connectivity index (χ1) is 7.68. The Balaban J connectivity index is 2.42. The minimum Gasteiger partial charge on any atom is -0.298 e. The van der Waals surface area contributed by atoms with Gasteiger partial charge in [-0.15, -0.1) is 0 Å². The second-order valence-electron chi connectivity index (χ2n) is 5.62. The molecule has 1 N–H and O–H groups in total. The van der Waals surface area contributed by atoms with Gasteiger partial charge in [-0.1, -0.05) is 29.8 Å². The van der Waals surface area contributed by atoms with E-state index < -0.39 is 20.9 Å². The summed E-state index contributed by atoms with van der Waals surface area (Å²) in [6.07, 6.45) is 1.72. The van der Waals surface area contributed by atoms with E-state index in [2.05, 4.69) is 20.7 Å². The highest BCUT2D eigenvalue weighted by Crippen LogP contribution is 2.65. The molecule has 4 atom stereocenters. The van der Waals surface area contributed by atoms with Gasteiger partial charge in [0.25, 0.3) is 0 Å². The third kappa shape index (κ3) is 1.64. The zero-order chi connectivity index (χ0) is 13.1. The van der Waals surface area contributed by atoms with E-state index >= 15 is 0 Å². The number of Topliss-reactive ketones (excluding diaryl/α,β-unsaturated/α-hetero) is 1. The summed E-state index contributed by atoms with van der Waals surface area (Å²) in [5.41, 5.74) is -0.962. The number of carbonyl (C=O) groups excluding carboxylic acids is 1. The van der Waals surface area contributed by atoms with Crippen LogP contribution in [0, 0.1) is 16.7 Å². The molecule has 2 aliphatic rings. The van der Waals surface area contributed by atoms with Crippen molar-refractivity contribution in [3.63, 3.8) is 0 Å². The molecule has 6 heteroatoms. The van der Waals surface area contributed by atoms with Crippen LogP contribution in [0.4, 0.5) is 0 Å². The van der Waals surface area contributed by atoms with E-state index in [4.69, 9.17) is 0 Å². The van der Waals surface area contributed by atoms with Crippen molar-refractivity contribution in [3.8, 4) is 0 Å². The zero-order valence-corrected chi connectivity index (χ0v) is 12.7. The average molecular weight is 324 g/mol. The summed E-state index contributed by atoms with van der Waals surface area (Å²) >= 11 is 3.44. The predicted molar refractivity (Wildman–Crippen MR) is 69.5 cm³/mol. The monoisotopic (exact) mass is 323 g/mol. The van der Waals surface area contributed by atoms with Crippen molar-refractivity contribution in [2.75, 3.05) is 12.8 Å². The van der Waals surface area contributed by atoms with E-state index in [0.29, 0.717) is 0 Å². The van der Waals surface area contributed by atoms with Crippen LogP contribution in [0.25, 0.3) is 0 Å². The van der Waals surface area contributed by atoms with Gasteiger partial charge in [0.05, 0.1) is 10.6 Å². The first-order valence-electron chi connectivity index (χ1n) is 5.77. The minimum atomic E-state index is -3.30. The van der Waals surface area contributed by atoms with Crippen LogP contribution in [0.2, 0.25) is 0 Å². The van der Waals surface area contributed by atoms with Gasteiger partial charge in [0.1, 0.15) is 0 Å². The van der Waals surface area contributed by atoms with E-state index in [1.807, 2.05) is 13.8 Å². The molecule has 2 aliphatic carbocycles. The summed E-state index contributed by atoms with van der Waals surface area (Å²) in [4.78, 5) is 12.0.